The van der Waals surface area contributed by atoms with Gasteiger partial charge in [-0.3, -0.25) is 0 Å². The fraction of sp³-hybridized carbons (Fsp3) is 0.0769. The number of anilines is 2. The highest BCUT2D eigenvalue weighted by molar-refractivity contribution is 5.82. The van der Waals surface area contributed by atoms with E-state index in [1.165, 1.54) is 0 Å². The van der Waals surface area contributed by atoms with Crippen LogP contribution in [0.25, 0.3) is 11.1 Å². The van der Waals surface area contributed by atoms with E-state index in [-0.39, 0.29) is 0 Å². The molecule has 3 heteroatoms. The van der Waals surface area contributed by atoms with Gasteiger partial charge in [0.05, 0.1) is 7.11 Å². The van der Waals surface area contributed by atoms with E-state index in [4.69, 9.17) is 16.2 Å². The lowest BCUT2D eigenvalue weighted by molar-refractivity contribution is 0.416. The minimum Gasteiger partial charge on any atom is -0.496 e. The number of hydrogen-bond acceptors (Lipinski definition) is 3. The van der Waals surface area contributed by atoms with Crippen LogP contribution < -0.4 is 16.2 Å². The summed E-state index contributed by atoms with van der Waals surface area (Å²) in [7, 11) is 1.63. The second-order valence-corrected chi connectivity index (χ2v) is 3.55. The molecule has 0 bridgehead atoms. The van der Waals surface area contributed by atoms with Gasteiger partial charge in [0.1, 0.15) is 5.75 Å². The average molecular weight is 214 g/mol. The van der Waals surface area contributed by atoms with Gasteiger partial charge in [-0.15, -0.1) is 0 Å². The molecule has 0 saturated carbocycles. The summed E-state index contributed by atoms with van der Waals surface area (Å²) in [5.74, 6) is 0.768. The lowest BCUT2D eigenvalue weighted by atomic mass is 10.0. The van der Waals surface area contributed by atoms with Crippen LogP contribution in [0.4, 0.5) is 11.4 Å². The Morgan fingerprint density at radius 2 is 1.62 bits per heavy atom. The molecule has 0 unspecified atom stereocenters. The van der Waals surface area contributed by atoms with Crippen molar-refractivity contribution in [2.45, 2.75) is 0 Å². The first kappa shape index (κ1) is 10.4. The molecular weight excluding hydrogens is 200 g/mol. The Hall–Kier alpha value is -2.16. The normalized spacial score (nSPS) is 10.1. The quantitative estimate of drug-likeness (QED) is 0.755. The van der Waals surface area contributed by atoms with Crippen LogP contribution >= 0.6 is 0 Å². The van der Waals surface area contributed by atoms with Gasteiger partial charge in [0.2, 0.25) is 0 Å². The van der Waals surface area contributed by atoms with E-state index in [9.17, 15) is 0 Å². The van der Waals surface area contributed by atoms with E-state index in [0.717, 1.165) is 22.6 Å². The molecule has 0 aromatic heterocycles. The van der Waals surface area contributed by atoms with Crippen molar-refractivity contribution in [3.8, 4) is 16.9 Å². The van der Waals surface area contributed by atoms with Crippen LogP contribution in [0.15, 0.2) is 42.5 Å². The van der Waals surface area contributed by atoms with E-state index in [0.29, 0.717) is 5.69 Å². The minimum atomic E-state index is 0.698. The van der Waals surface area contributed by atoms with Crippen molar-refractivity contribution in [3.05, 3.63) is 42.5 Å². The monoisotopic (exact) mass is 214 g/mol. The van der Waals surface area contributed by atoms with Crippen LogP contribution in [0.5, 0.6) is 5.75 Å². The molecule has 82 valence electrons. The van der Waals surface area contributed by atoms with Crippen LogP contribution in [-0.4, -0.2) is 7.11 Å². The van der Waals surface area contributed by atoms with Crippen LogP contribution in [-0.2, 0) is 0 Å². The number of nitrogen functional groups attached to an aromatic ring is 2. The first-order valence-electron chi connectivity index (χ1n) is 5.01. The smallest absolute Gasteiger partial charge is 0.128 e. The van der Waals surface area contributed by atoms with Crippen molar-refractivity contribution >= 4 is 11.4 Å². The molecule has 0 aliphatic carbocycles. The van der Waals surface area contributed by atoms with E-state index >= 15 is 0 Å². The van der Waals surface area contributed by atoms with E-state index in [1.54, 1.807) is 7.11 Å². The molecule has 0 spiro atoms. The molecule has 0 aliphatic rings. The van der Waals surface area contributed by atoms with Gasteiger partial charge in [0.15, 0.2) is 0 Å². The van der Waals surface area contributed by atoms with Gasteiger partial charge < -0.3 is 16.2 Å². The van der Waals surface area contributed by atoms with Gasteiger partial charge in [-0.05, 0) is 29.8 Å². The zero-order chi connectivity index (χ0) is 11.5. The summed E-state index contributed by atoms with van der Waals surface area (Å²) in [4.78, 5) is 0. The molecule has 4 N–H and O–H groups in total. The molecule has 0 heterocycles. The Morgan fingerprint density at radius 3 is 2.25 bits per heavy atom. The highest BCUT2D eigenvalue weighted by atomic mass is 16.5. The predicted molar refractivity (Wildman–Crippen MR) is 67.3 cm³/mol. The lowest BCUT2D eigenvalue weighted by Crippen LogP contribution is -1.94. The highest BCUT2D eigenvalue weighted by Crippen LogP contribution is 2.35. The van der Waals surface area contributed by atoms with Crippen molar-refractivity contribution in [2.75, 3.05) is 18.6 Å². The van der Waals surface area contributed by atoms with Crippen molar-refractivity contribution in [1.29, 1.82) is 0 Å². The van der Waals surface area contributed by atoms with Crippen molar-refractivity contribution in [2.24, 2.45) is 0 Å². The first-order chi connectivity index (χ1) is 7.72. The Morgan fingerprint density at radius 1 is 0.938 bits per heavy atom. The molecular formula is C13H14N2O. The Balaban J connectivity index is 2.58. The van der Waals surface area contributed by atoms with Crippen molar-refractivity contribution in [3.63, 3.8) is 0 Å². The SMILES string of the molecule is COc1cccc(N)c1-c1ccc(N)cc1. The maximum absolute atomic E-state index is 5.96. The number of hydrogen-bond donors (Lipinski definition) is 2. The fourth-order valence-corrected chi connectivity index (χ4v) is 1.68. The number of rotatable bonds is 2. The zero-order valence-corrected chi connectivity index (χ0v) is 9.10. The lowest BCUT2D eigenvalue weighted by Gasteiger charge is -2.11. The summed E-state index contributed by atoms with van der Waals surface area (Å²) in [6.07, 6.45) is 0. The summed E-state index contributed by atoms with van der Waals surface area (Å²) >= 11 is 0. The summed E-state index contributed by atoms with van der Waals surface area (Å²) in [5, 5.41) is 0. The van der Waals surface area contributed by atoms with Crippen LogP contribution in [0.3, 0.4) is 0 Å². The standard InChI is InChI=1S/C13H14N2O/c1-16-12-4-2-3-11(15)13(12)9-5-7-10(14)8-6-9/h2-8H,14-15H2,1H3. The van der Waals surface area contributed by atoms with Gasteiger partial charge >= 0.3 is 0 Å². The third kappa shape index (κ3) is 1.80. The molecule has 2 aromatic carbocycles. The van der Waals surface area contributed by atoms with Crippen LogP contribution in [0, 0.1) is 0 Å². The number of ether oxygens (including phenoxy) is 1. The largest absolute Gasteiger partial charge is 0.496 e. The van der Waals surface area contributed by atoms with Crippen molar-refractivity contribution < 1.29 is 4.74 Å². The highest BCUT2D eigenvalue weighted by Gasteiger charge is 2.08. The van der Waals surface area contributed by atoms with Gasteiger partial charge in [0, 0.05) is 16.9 Å². The molecule has 0 saturated heterocycles. The van der Waals surface area contributed by atoms with Gasteiger partial charge in [-0.1, -0.05) is 18.2 Å². The first-order valence-corrected chi connectivity index (χ1v) is 5.01. The third-order valence-corrected chi connectivity index (χ3v) is 2.48. The number of methoxy groups -OCH3 is 1. The number of nitrogens with two attached hydrogens (primary N) is 2. The molecule has 2 aromatic rings. The van der Waals surface area contributed by atoms with E-state index < -0.39 is 0 Å². The predicted octanol–water partition coefficient (Wildman–Crippen LogP) is 2.53. The summed E-state index contributed by atoms with van der Waals surface area (Å²) in [5.41, 5.74) is 14.9. The van der Waals surface area contributed by atoms with E-state index in [1.807, 2.05) is 42.5 Å². The maximum Gasteiger partial charge on any atom is 0.128 e. The zero-order valence-electron chi connectivity index (χ0n) is 9.10. The van der Waals surface area contributed by atoms with Gasteiger partial charge in [-0.2, -0.15) is 0 Å². The number of benzene rings is 2. The molecule has 0 fully saturated rings. The minimum absolute atomic E-state index is 0.698. The van der Waals surface area contributed by atoms with Gasteiger partial charge in [0.25, 0.3) is 0 Å². The molecule has 0 atom stereocenters. The molecule has 0 aliphatic heterocycles. The third-order valence-electron chi connectivity index (χ3n) is 2.48. The summed E-state index contributed by atoms with van der Waals surface area (Å²) < 4.78 is 5.30. The Bertz CT molecular complexity index is 492. The second kappa shape index (κ2) is 4.14. The molecule has 16 heavy (non-hydrogen) atoms. The second-order valence-electron chi connectivity index (χ2n) is 3.55. The van der Waals surface area contributed by atoms with Crippen molar-refractivity contribution in [1.82, 2.24) is 0 Å². The Labute approximate surface area is 94.6 Å². The average Bonchev–Trinajstić information content (AvgIpc) is 2.30. The fourth-order valence-electron chi connectivity index (χ4n) is 1.68. The Kier molecular flexibility index (Phi) is 2.68. The van der Waals surface area contributed by atoms with Gasteiger partial charge in [-0.25, -0.2) is 0 Å². The maximum atomic E-state index is 5.96. The van der Waals surface area contributed by atoms with E-state index in [2.05, 4.69) is 0 Å². The molecule has 0 amide bonds. The topological polar surface area (TPSA) is 61.3 Å². The molecule has 3 nitrogen and oxygen atoms in total. The van der Waals surface area contributed by atoms with Crippen LogP contribution in [0.2, 0.25) is 0 Å². The molecule has 0 radical (unpaired) electrons. The van der Waals surface area contributed by atoms with Crippen LogP contribution in [0.1, 0.15) is 0 Å². The molecule has 2 rings (SSSR count). The summed E-state index contributed by atoms with van der Waals surface area (Å²) in [6, 6.07) is 13.2. The summed E-state index contributed by atoms with van der Waals surface area (Å²) in [6.45, 7) is 0.